The molecule has 3 N–H and O–H groups in total. The van der Waals surface area contributed by atoms with Crippen molar-refractivity contribution in [3.63, 3.8) is 0 Å². The number of aliphatic hydroxyl groups is 1. The maximum atomic E-state index is 13.1. The first kappa shape index (κ1) is 102. The maximum Gasteiger partial charge on any atom is 0.472 e. The normalized spacial score (nSPS) is 14.2. The summed E-state index contributed by atoms with van der Waals surface area (Å²) in [6.45, 7) is 14.3. The van der Waals surface area contributed by atoms with Crippen LogP contribution in [-0.4, -0.2) is 96.7 Å². The van der Waals surface area contributed by atoms with E-state index in [-0.39, 0.29) is 25.7 Å². The van der Waals surface area contributed by atoms with E-state index < -0.39 is 97.5 Å². The monoisotopic (exact) mass is 1520 g/mol. The molecule has 0 saturated carbocycles. The third-order valence-corrected chi connectivity index (χ3v) is 22.1. The topological polar surface area (TPSA) is 237 Å². The highest BCUT2D eigenvalue weighted by Gasteiger charge is 2.30. The molecule has 6 atom stereocenters. The highest BCUT2D eigenvalue weighted by Crippen LogP contribution is 2.45. The summed E-state index contributed by atoms with van der Waals surface area (Å²) in [6.07, 6.45) is 62.6. The molecule has 0 heterocycles. The van der Waals surface area contributed by atoms with Crippen molar-refractivity contribution < 1.29 is 80.2 Å². The molecular weight excluding hydrogens is 1350 g/mol. The smallest absolute Gasteiger partial charge is 0.462 e. The predicted octanol–water partition coefficient (Wildman–Crippen LogP) is 25.6. The third-order valence-electron chi connectivity index (χ3n) is 20.2. The Hall–Kier alpha value is -1.94. The number of ether oxygens (including phenoxy) is 4. The first-order valence-corrected chi connectivity index (χ1v) is 46.7. The van der Waals surface area contributed by atoms with E-state index in [1.165, 1.54) is 238 Å². The summed E-state index contributed by atoms with van der Waals surface area (Å²) in [5.74, 6) is 1.04. The second-order valence-corrected chi connectivity index (χ2v) is 35.2. The molecule has 19 heteroatoms. The first-order chi connectivity index (χ1) is 50.1. The lowest BCUT2D eigenvalue weighted by Gasteiger charge is -2.21. The summed E-state index contributed by atoms with van der Waals surface area (Å²) in [4.78, 5) is 73.1. The van der Waals surface area contributed by atoms with Crippen molar-refractivity contribution in [3.8, 4) is 0 Å². The molecule has 104 heavy (non-hydrogen) atoms. The Morgan fingerprint density at radius 2 is 0.462 bits per heavy atom. The zero-order valence-electron chi connectivity index (χ0n) is 68.7. The zero-order valence-corrected chi connectivity index (χ0v) is 70.5. The number of esters is 4. The summed E-state index contributed by atoms with van der Waals surface area (Å²) >= 11 is 0. The molecule has 0 aliphatic heterocycles. The molecule has 17 nitrogen and oxygen atoms in total. The van der Waals surface area contributed by atoms with Gasteiger partial charge in [0, 0.05) is 25.7 Å². The van der Waals surface area contributed by atoms with E-state index in [0.717, 1.165) is 114 Å². The Morgan fingerprint density at radius 3 is 0.683 bits per heavy atom. The number of aliphatic hydroxyl groups excluding tert-OH is 1. The SMILES string of the molecule is CCC(C)CCCCCCCCCCCCCCCCCCCCC(=O)OC[C@H](COP(=O)(O)OCC(O)COP(=O)(O)OC[C@@H](COC(=O)CCCCCCCCCC(C)C)OC(=O)CCCCCCCCCCCCCC(C)C)OC(=O)CCCCCCCCCCCCCCCCCC(C)C. The van der Waals surface area contributed by atoms with E-state index in [4.69, 9.17) is 37.0 Å². The Morgan fingerprint density at radius 1 is 0.269 bits per heavy atom. The molecule has 618 valence electrons. The van der Waals surface area contributed by atoms with Crippen molar-refractivity contribution in [2.45, 2.75) is 459 Å². The minimum Gasteiger partial charge on any atom is -0.462 e. The fraction of sp³-hybridized carbons (Fsp3) is 0.953. The maximum absolute atomic E-state index is 13.1. The molecule has 0 bridgehead atoms. The van der Waals surface area contributed by atoms with Gasteiger partial charge < -0.3 is 33.8 Å². The number of hydrogen-bond donors (Lipinski definition) is 3. The lowest BCUT2D eigenvalue weighted by atomic mass is 9.99. The lowest BCUT2D eigenvalue weighted by Crippen LogP contribution is -2.30. The second kappa shape index (κ2) is 73.8. The molecule has 0 fully saturated rings. The number of rotatable bonds is 82. The van der Waals surface area contributed by atoms with Crippen molar-refractivity contribution in [3.05, 3.63) is 0 Å². The Labute approximate surface area is 638 Å². The van der Waals surface area contributed by atoms with Crippen LogP contribution in [0, 0.1) is 23.7 Å². The highest BCUT2D eigenvalue weighted by atomic mass is 31.2. The number of phosphoric ester groups is 2. The molecule has 0 aliphatic carbocycles. The van der Waals surface area contributed by atoms with Gasteiger partial charge in [-0.15, -0.1) is 0 Å². The zero-order chi connectivity index (χ0) is 76.7. The first-order valence-electron chi connectivity index (χ1n) is 43.7. The van der Waals surface area contributed by atoms with E-state index in [1.54, 1.807) is 0 Å². The van der Waals surface area contributed by atoms with E-state index in [9.17, 15) is 43.2 Å². The fourth-order valence-corrected chi connectivity index (χ4v) is 14.7. The Bertz CT molecular complexity index is 2030. The van der Waals surface area contributed by atoms with Crippen molar-refractivity contribution in [2.75, 3.05) is 39.6 Å². The summed E-state index contributed by atoms with van der Waals surface area (Å²) in [6, 6.07) is 0. The fourth-order valence-electron chi connectivity index (χ4n) is 13.1. The lowest BCUT2D eigenvalue weighted by molar-refractivity contribution is -0.161. The van der Waals surface area contributed by atoms with Gasteiger partial charge in [-0.1, -0.05) is 389 Å². The van der Waals surface area contributed by atoms with Gasteiger partial charge in [0.25, 0.3) is 0 Å². The van der Waals surface area contributed by atoms with Crippen molar-refractivity contribution in [2.24, 2.45) is 23.7 Å². The van der Waals surface area contributed by atoms with Crippen LogP contribution < -0.4 is 0 Å². The average molecular weight is 1520 g/mol. The van der Waals surface area contributed by atoms with Crippen molar-refractivity contribution in [1.82, 2.24) is 0 Å². The van der Waals surface area contributed by atoms with E-state index in [1.807, 2.05) is 0 Å². The average Bonchev–Trinajstić information content (AvgIpc) is 0.907. The number of unbranched alkanes of at least 4 members (excludes halogenated alkanes) is 47. The number of hydrogen-bond acceptors (Lipinski definition) is 15. The molecule has 0 rings (SSSR count). The number of carbonyl (C=O) groups is 4. The standard InChI is InChI=1S/C85H166O17P2/c1-9-78(8)64-56-48-40-32-26-20-16-12-10-11-13-17-21-27-33-41-49-57-65-82(87)95-71-80(101-84(89)67-59-51-42-34-28-22-18-14-15-19-24-30-37-45-53-61-75(2)3)73-99-103(91,92)97-69-79(86)70-98-104(93,94)100-74-81(72-96-83(88)66-58-50-44-36-39-47-55-63-77(6)7)102-85(90)68-60-52-43-35-29-23-25-31-38-46-54-62-76(4)5/h75-81,86H,9-74H2,1-8H3,(H,91,92)(H,93,94)/t78?,79?,80-,81-/m1/s1. The van der Waals surface area contributed by atoms with Gasteiger partial charge in [-0.2, -0.15) is 0 Å². The van der Waals surface area contributed by atoms with Crippen LogP contribution in [0.15, 0.2) is 0 Å². The molecule has 4 unspecified atom stereocenters. The van der Waals surface area contributed by atoms with Crippen LogP contribution in [-0.2, 0) is 65.4 Å². The van der Waals surface area contributed by atoms with Crippen molar-refractivity contribution in [1.29, 1.82) is 0 Å². The van der Waals surface area contributed by atoms with Gasteiger partial charge in [-0.3, -0.25) is 37.3 Å². The van der Waals surface area contributed by atoms with Crippen LogP contribution in [0.4, 0.5) is 0 Å². The quantitative estimate of drug-likeness (QED) is 0.0222. The Balaban J connectivity index is 5.21. The third kappa shape index (κ3) is 76.8. The number of phosphoric acid groups is 2. The van der Waals surface area contributed by atoms with E-state index in [0.29, 0.717) is 31.6 Å². The molecule has 0 saturated heterocycles. The van der Waals surface area contributed by atoms with Crippen LogP contribution in [0.1, 0.15) is 441 Å². The van der Waals surface area contributed by atoms with Gasteiger partial charge in [-0.25, -0.2) is 9.13 Å². The summed E-state index contributed by atoms with van der Waals surface area (Å²) < 4.78 is 68.8. The molecular formula is C85H166O17P2. The van der Waals surface area contributed by atoms with Gasteiger partial charge in [-0.05, 0) is 49.4 Å². The summed E-state index contributed by atoms with van der Waals surface area (Å²) in [7, 11) is -9.93. The van der Waals surface area contributed by atoms with Crippen LogP contribution in [0.3, 0.4) is 0 Å². The van der Waals surface area contributed by atoms with Gasteiger partial charge in [0.05, 0.1) is 26.4 Å². The van der Waals surface area contributed by atoms with Gasteiger partial charge in [0.15, 0.2) is 12.2 Å². The number of carbonyl (C=O) groups excluding carboxylic acids is 4. The molecule has 0 amide bonds. The van der Waals surface area contributed by atoms with E-state index >= 15 is 0 Å². The van der Waals surface area contributed by atoms with Crippen LogP contribution >= 0.6 is 15.6 Å². The van der Waals surface area contributed by atoms with Gasteiger partial charge in [0.2, 0.25) is 0 Å². The summed E-state index contributed by atoms with van der Waals surface area (Å²) in [5.41, 5.74) is 0. The minimum atomic E-state index is -4.97. The van der Waals surface area contributed by atoms with Crippen LogP contribution in [0.25, 0.3) is 0 Å². The second-order valence-electron chi connectivity index (χ2n) is 32.2. The van der Waals surface area contributed by atoms with Gasteiger partial charge >= 0.3 is 39.5 Å². The molecule has 0 aromatic carbocycles. The molecule has 0 aromatic rings. The minimum absolute atomic E-state index is 0.106. The highest BCUT2D eigenvalue weighted by molar-refractivity contribution is 7.47. The molecule has 0 aromatic heterocycles. The Kier molecular flexibility index (Phi) is 72.5. The van der Waals surface area contributed by atoms with Gasteiger partial charge in [0.1, 0.15) is 19.3 Å². The van der Waals surface area contributed by atoms with Crippen LogP contribution in [0.5, 0.6) is 0 Å². The van der Waals surface area contributed by atoms with Crippen molar-refractivity contribution >= 4 is 39.5 Å². The molecule has 0 spiro atoms. The molecule has 0 aliphatic rings. The summed E-state index contributed by atoms with van der Waals surface area (Å²) in [5, 5.41) is 10.7. The van der Waals surface area contributed by atoms with Crippen LogP contribution in [0.2, 0.25) is 0 Å². The predicted molar refractivity (Wildman–Crippen MR) is 428 cm³/mol. The van der Waals surface area contributed by atoms with E-state index in [2.05, 4.69) is 55.4 Å². The largest absolute Gasteiger partial charge is 0.472 e. The molecule has 0 radical (unpaired) electrons.